The number of para-hydroxylation sites is 1. The maximum atomic E-state index is 13.5. The first-order chi connectivity index (χ1) is 9.65. The molecule has 2 aliphatic rings. The van der Waals surface area contributed by atoms with E-state index < -0.39 is 11.6 Å². The van der Waals surface area contributed by atoms with Crippen molar-refractivity contribution in [2.45, 2.75) is 44.2 Å². The smallest absolute Gasteiger partial charge is 0.241 e. The zero-order valence-electron chi connectivity index (χ0n) is 11.2. The molecule has 3 nitrogen and oxygen atoms in total. The molecule has 1 aromatic carbocycles. The number of fused-ring (bicyclic) bond motifs is 1. The first kappa shape index (κ1) is 13.5. The third-order valence-corrected chi connectivity index (χ3v) is 4.39. The third kappa shape index (κ3) is 2.54. The molecule has 0 radical (unpaired) electrons. The SMILES string of the molecule is O=C(Nc1c(F)cccc1F)C1CC2CCCCC2N1. The lowest BCUT2D eigenvalue weighted by Gasteiger charge is -2.24. The Kier molecular flexibility index (Phi) is 3.70. The number of amides is 1. The van der Waals surface area contributed by atoms with Gasteiger partial charge in [-0.2, -0.15) is 0 Å². The summed E-state index contributed by atoms with van der Waals surface area (Å²) in [6.45, 7) is 0. The summed E-state index contributed by atoms with van der Waals surface area (Å²) in [4.78, 5) is 12.2. The van der Waals surface area contributed by atoms with Crippen LogP contribution < -0.4 is 10.6 Å². The van der Waals surface area contributed by atoms with Gasteiger partial charge in [0.05, 0.1) is 6.04 Å². The van der Waals surface area contributed by atoms with Crippen LogP contribution in [0.2, 0.25) is 0 Å². The van der Waals surface area contributed by atoms with Crippen molar-refractivity contribution >= 4 is 11.6 Å². The summed E-state index contributed by atoms with van der Waals surface area (Å²) >= 11 is 0. The maximum absolute atomic E-state index is 13.5. The Morgan fingerprint density at radius 3 is 2.60 bits per heavy atom. The average molecular weight is 280 g/mol. The molecule has 0 spiro atoms. The zero-order valence-corrected chi connectivity index (χ0v) is 11.2. The normalized spacial score (nSPS) is 29.0. The standard InChI is InChI=1S/C15H18F2N2O/c16-10-5-3-6-11(17)14(10)19-15(20)13-8-9-4-1-2-7-12(9)18-13/h3,5-6,9,12-13,18H,1-2,4,7-8H2,(H,19,20). The Bertz CT molecular complexity index is 486. The Morgan fingerprint density at radius 2 is 1.90 bits per heavy atom. The predicted octanol–water partition coefficient (Wildman–Crippen LogP) is 2.82. The molecule has 0 bridgehead atoms. The molecule has 3 unspecified atom stereocenters. The number of hydrogen-bond acceptors (Lipinski definition) is 2. The minimum Gasteiger partial charge on any atom is -0.320 e. The summed E-state index contributed by atoms with van der Waals surface area (Å²) in [6, 6.07) is 3.59. The lowest BCUT2D eigenvalue weighted by Crippen LogP contribution is -2.40. The van der Waals surface area contributed by atoms with Crippen LogP contribution in [0.15, 0.2) is 18.2 Å². The van der Waals surface area contributed by atoms with Gasteiger partial charge in [-0.05, 0) is 37.3 Å². The average Bonchev–Trinajstić information content (AvgIpc) is 2.87. The molecule has 2 N–H and O–H groups in total. The van der Waals surface area contributed by atoms with Gasteiger partial charge in [-0.3, -0.25) is 4.79 Å². The molecular formula is C15H18F2N2O. The fourth-order valence-electron chi connectivity index (χ4n) is 3.35. The maximum Gasteiger partial charge on any atom is 0.241 e. The Balaban J connectivity index is 1.68. The lowest BCUT2D eigenvalue weighted by molar-refractivity contribution is -0.117. The van der Waals surface area contributed by atoms with E-state index >= 15 is 0 Å². The van der Waals surface area contributed by atoms with E-state index in [1.165, 1.54) is 18.9 Å². The summed E-state index contributed by atoms with van der Waals surface area (Å²) in [5.41, 5.74) is -0.353. The van der Waals surface area contributed by atoms with Crippen LogP contribution in [0.25, 0.3) is 0 Å². The van der Waals surface area contributed by atoms with Gasteiger partial charge in [-0.1, -0.05) is 18.9 Å². The zero-order chi connectivity index (χ0) is 14.1. The highest BCUT2D eigenvalue weighted by molar-refractivity contribution is 5.95. The molecule has 1 heterocycles. The second-order valence-electron chi connectivity index (χ2n) is 5.69. The molecule has 1 saturated carbocycles. The monoisotopic (exact) mass is 280 g/mol. The molecule has 3 rings (SSSR count). The van der Waals surface area contributed by atoms with Gasteiger partial charge in [-0.25, -0.2) is 8.78 Å². The van der Waals surface area contributed by atoms with Crippen LogP contribution in [0.5, 0.6) is 0 Å². The van der Waals surface area contributed by atoms with Gasteiger partial charge in [0.25, 0.3) is 0 Å². The van der Waals surface area contributed by atoms with Crippen molar-refractivity contribution in [1.29, 1.82) is 0 Å². The van der Waals surface area contributed by atoms with E-state index in [2.05, 4.69) is 10.6 Å². The molecule has 0 aromatic heterocycles. The topological polar surface area (TPSA) is 41.1 Å². The van der Waals surface area contributed by atoms with Crippen LogP contribution in [0.4, 0.5) is 14.5 Å². The third-order valence-electron chi connectivity index (χ3n) is 4.39. The first-order valence-electron chi connectivity index (χ1n) is 7.16. The second-order valence-corrected chi connectivity index (χ2v) is 5.69. The molecule has 1 saturated heterocycles. The van der Waals surface area contributed by atoms with E-state index in [0.717, 1.165) is 31.4 Å². The Hall–Kier alpha value is -1.49. The van der Waals surface area contributed by atoms with Crippen LogP contribution in [0, 0.1) is 17.6 Å². The largest absolute Gasteiger partial charge is 0.320 e. The number of rotatable bonds is 2. The molecule has 20 heavy (non-hydrogen) atoms. The van der Waals surface area contributed by atoms with E-state index in [1.807, 2.05) is 0 Å². The Labute approximate surface area is 116 Å². The summed E-state index contributed by atoms with van der Waals surface area (Å²) in [5, 5.41) is 5.67. The van der Waals surface area contributed by atoms with Gasteiger partial charge in [0.1, 0.15) is 17.3 Å². The van der Waals surface area contributed by atoms with Gasteiger partial charge < -0.3 is 10.6 Å². The van der Waals surface area contributed by atoms with E-state index in [1.54, 1.807) is 0 Å². The summed E-state index contributed by atoms with van der Waals surface area (Å²) in [5.74, 6) is -1.31. The van der Waals surface area contributed by atoms with Crippen LogP contribution in [0.1, 0.15) is 32.1 Å². The molecule has 1 aliphatic heterocycles. The van der Waals surface area contributed by atoms with Gasteiger partial charge in [0, 0.05) is 6.04 Å². The number of carbonyl (C=O) groups is 1. The van der Waals surface area contributed by atoms with Crippen molar-refractivity contribution in [3.05, 3.63) is 29.8 Å². The highest BCUT2D eigenvalue weighted by atomic mass is 19.1. The van der Waals surface area contributed by atoms with Crippen LogP contribution in [0.3, 0.4) is 0 Å². The van der Waals surface area contributed by atoms with Crippen molar-refractivity contribution in [1.82, 2.24) is 5.32 Å². The van der Waals surface area contributed by atoms with Crippen molar-refractivity contribution in [3.8, 4) is 0 Å². The van der Waals surface area contributed by atoms with E-state index in [4.69, 9.17) is 0 Å². The fraction of sp³-hybridized carbons (Fsp3) is 0.533. The quantitative estimate of drug-likeness (QED) is 0.874. The second kappa shape index (κ2) is 5.48. The van der Waals surface area contributed by atoms with Crippen molar-refractivity contribution < 1.29 is 13.6 Å². The minimum atomic E-state index is -0.742. The highest BCUT2D eigenvalue weighted by Gasteiger charge is 2.38. The minimum absolute atomic E-state index is 0.344. The van der Waals surface area contributed by atoms with E-state index in [0.29, 0.717) is 12.0 Å². The molecule has 5 heteroatoms. The number of anilines is 1. The Morgan fingerprint density at radius 1 is 1.20 bits per heavy atom. The lowest BCUT2D eigenvalue weighted by atomic mass is 9.85. The van der Waals surface area contributed by atoms with Gasteiger partial charge in [-0.15, -0.1) is 0 Å². The summed E-state index contributed by atoms with van der Waals surface area (Å²) in [7, 11) is 0. The highest BCUT2D eigenvalue weighted by Crippen LogP contribution is 2.33. The fourth-order valence-corrected chi connectivity index (χ4v) is 3.35. The molecular weight excluding hydrogens is 262 g/mol. The van der Waals surface area contributed by atoms with E-state index in [-0.39, 0.29) is 17.6 Å². The molecule has 3 atom stereocenters. The first-order valence-corrected chi connectivity index (χ1v) is 7.16. The van der Waals surface area contributed by atoms with Crippen LogP contribution >= 0.6 is 0 Å². The van der Waals surface area contributed by atoms with Crippen molar-refractivity contribution in [2.24, 2.45) is 5.92 Å². The molecule has 2 fully saturated rings. The van der Waals surface area contributed by atoms with Gasteiger partial charge in [0.2, 0.25) is 5.91 Å². The molecule has 108 valence electrons. The van der Waals surface area contributed by atoms with Gasteiger partial charge in [0.15, 0.2) is 0 Å². The summed E-state index contributed by atoms with van der Waals surface area (Å²) < 4.78 is 27.0. The predicted molar refractivity (Wildman–Crippen MR) is 72.3 cm³/mol. The van der Waals surface area contributed by atoms with Gasteiger partial charge >= 0.3 is 0 Å². The molecule has 1 aliphatic carbocycles. The molecule has 1 aromatic rings. The van der Waals surface area contributed by atoms with Crippen molar-refractivity contribution in [2.75, 3.05) is 5.32 Å². The number of benzene rings is 1. The van der Waals surface area contributed by atoms with Crippen LogP contribution in [-0.4, -0.2) is 18.0 Å². The number of halogens is 2. The van der Waals surface area contributed by atoms with Crippen molar-refractivity contribution in [3.63, 3.8) is 0 Å². The number of nitrogens with one attached hydrogen (secondary N) is 2. The van der Waals surface area contributed by atoms with E-state index in [9.17, 15) is 13.6 Å². The number of hydrogen-bond donors (Lipinski definition) is 2. The summed E-state index contributed by atoms with van der Waals surface area (Å²) in [6.07, 6.45) is 5.37. The molecule has 1 amide bonds. The van der Waals surface area contributed by atoms with Crippen LogP contribution in [-0.2, 0) is 4.79 Å². The number of carbonyl (C=O) groups excluding carboxylic acids is 1.